The van der Waals surface area contributed by atoms with E-state index >= 15 is 9.59 Å². The molecule has 6 aromatic carbocycles. The van der Waals surface area contributed by atoms with Crippen molar-refractivity contribution in [1.29, 1.82) is 0 Å². The van der Waals surface area contributed by atoms with Crippen LogP contribution < -0.4 is 15.4 Å². The Hall–Kier alpha value is -6.07. The summed E-state index contributed by atoms with van der Waals surface area (Å²) in [4.78, 5) is 30.1. The minimum absolute atomic E-state index is 0.0657. The van der Waals surface area contributed by atoms with E-state index in [4.69, 9.17) is 0 Å². The monoisotopic (exact) mass is 790 g/mol. The second-order valence-corrected chi connectivity index (χ2v) is 19.7. The van der Waals surface area contributed by atoms with Gasteiger partial charge in [0, 0.05) is 38.2 Å². The smallest absolute Gasteiger partial charge is 0.295 e. The number of hydrogen-bond donors (Lipinski definition) is 0. The number of fused-ring (bicyclic) bond motifs is 5. The van der Waals surface area contributed by atoms with Crippen molar-refractivity contribution in [3.05, 3.63) is 157 Å². The molecule has 5 nitrogen and oxygen atoms in total. The molecule has 0 spiro atoms. The van der Waals surface area contributed by atoms with Gasteiger partial charge in [-0.2, -0.15) is 4.57 Å². The standard InChI is InChI=1S/C55H56N3O2/c1-31(2)37-19-15-20-38(32(3)4)48(37)58-50-40(21-16-22-45(50)56(12)53(58)39-18-14-13-17-33(39)5)34-27-43-49-44(28-34)52(60)42-26-24-36(55(9,10)11)30-47(42)57(49)46-29-35(54(6,7)8)23-25-41(46)51(43)59/h13-32H,1-12H3/q+1. The van der Waals surface area contributed by atoms with Crippen LogP contribution in [0, 0.1) is 6.92 Å². The molecule has 0 aliphatic rings. The molecule has 3 heterocycles. The summed E-state index contributed by atoms with van der Waals surface area (Å²) in [6.07, 6.45) is 0. The molecule has 0 saturated carbocycles. The average Bonchev–Trinajstić information content (AvgIpc) is 3.50. The van der Waals surface area contributed by atoms with E-state index in [9.17, 15) is 0 Å². The summed E-state index contributed by atoms with van der Waals surface area (Å²) < 4.78 is 7.00. The lowest BCUT2D eigenvalue weighted by atomic mass is 9.85. The van der Waals surface area contributed by atoms with Crippen LogP contribution in [0.4, 0.5) is 0 Å². The lowest BCUT2D eigenvalue weighted by Crippen LogP contribution is -2.30. The van der Waals surface area contributed by atoms with Gasteiger partial charge in [0.1, 0.15) is 5.69 Å². The van der Waals surface area contributed by atoms with Gasteiger partial charge in [0.05, 0.1) is 29.2 Å². The molecule has 0 atom stereocenters. The normalized spacial score (nSPS) is 12.8. The molecule has 5 heteroatoms. The van der Waals surface area contributed by atoms with E-state index in [2.05, 4.69) is 194 Å². The minimum atomic E-state index is -0.142. The van der Waals surface area contributed by atoms with Crippen molar-refractivity contribution >= 4 is 49.1 Å². The number of benzene rings is 6. The SMILES string of the molecule is Cc1ccccc1-c1n(-c2c(C(C)C)cccc2C(C)C)c2c(-c3cc4c(=O)c5ccc(C(C)(C)C)cc5n5c6cc(C(C)(C)C)ccc6c(=O)c(c3)c45)cccc2[n+]1C. The van der Waals surface area contributed by atoms with Gasteiger partial charge >= 0.3 is 0 Å². The molecular formula is C55H56N3O2+. The largest absolute Gasteiger partial charge is 0.307 e. The van der Waals surface area contributed by atoms with E-state index in [1.54, 1.807) is 0 Å². The molecule has 9 rings (SSSR count). The van der Waals surface area contributed by atoms with Crippen LogP contribution in [-0.2, 0) is 17.9 Å². The van der Waals surface area contributed by atoms with Gasteiger partial charge in [0.25, 0.3) is 5.82 Å². The van der Waals surface area contributed by atoms with Crippen molar-refractivity contribution in [1.82, 2.24) is 8.97 Å². The summed E-state index contributed by atoms with van der Waals surface area (Å²) in [6, 6.07) is 38.4. The zero-order chi connectivity index (χ0) is 42.7. The Kier molecular flexibility index (Phi) is 9.02. The fourth-order valence-electron chi connectivity index (χ4n) is 9.54. The number of imidazole rings is 1. The number of aryl methyl sites for hydroxylation is 2. The Morgan fingerprint density at radius 3 is 1.55 bits per heavy atom. The maximum Gasteiger partial charge on any atom is 0.295 e. The van der Waals surface area contributed by atoms with Crippen molar-refractivity contribution in [3.63, 3.8) is 0 Å². The van der Waals surface area contributed by atoms with Gasteiger partial charge in [-0.3, -0.25) is 9.59 Å². The number of pyridine rings is 2. The number of nitrogens with zero attached hydrogens (tertiary/aromatic N) is 3. The number of hydrogen-bond acceptors (Lipinski definition) is 2. The summed E-state index contributed by atoms with van der Waals surface area (Å²) in [7, 11) is 2.16. The molecule has 0 radical (unpaired) electrons. The predicted molar refractivity (Wildman–Crippen MR) is 253 cm³/mol. The van der Waals surface area contributed by atoms with Gasteiger partial charge in [0.15, 0.2) is 21.9 Å². The molecule has 0 bridgehead atoms. The fourth-order valence-corrected chi connectivity index (χ4v) is 9.54. The molecule has 0 fully saturated rings. The number of para-hydroxylation sites is 2. The molecule has 302 valence electrons. The first-order valence-corrected chi connectivity index (χ1v) is 21.5. The van der Waals surface area contributed by atoms with Crippen LogP contribution in [-0.4, -0.2) is 8.97 Å². The highest BCUT2D eigenvalue weighted by molar-refractivity contribution is 6.11. The Morgan fingerprint density at radius 1 is 0.550 bits per heavy atom. The van der Waals surface area contributed by atoms with Gasteiger partial charge in [0.2, 0.25) is 0 Å². The topological polar surface area (TPSA) is 47.4 Å². The maximum absolute atomic E-state index is 15.1. The lowest BCUT2D eigenvalue weighted by molar-refractivity contribution is -0.633. The first kappa shape index (κ1) is 39.4. The summed E-state index contributed by atoms with van der Waals surface area (Å²) in [6.45, 7) is 24.4. The average molecular weight is 791 g/mol. The van der Waals surface area contributed by atoms with Crippen molar-refractivity contribution in [2.45, 2.75) is 98.8 Å². The second kappa shape index (κ2) is 13.7. The van der Waals surface area contributed by atoms with Gasteiger partial charge < -0.3 is 4.40 Å². The first-order valence-electron chi connectivity index (χ1n) is 21.5. The van der Waals surface area contributed by atoms with Crippen LogP contribution in [0.5, 0.6) is 0 Å². The highest BCUT2D eigenvalue weighted by Crippen LogP contribution is 2.42. The quantitative estimate of drug-likeness (QED) is 0.0990. The van der Waals surface area contributed by atoms with Crippen LogP contribution in [0.25, 0.3) is 77.3 Å². The molecule has 3 aromatic heterocycles. The summed E-state index contributed by atoms with van der Waals surface area (Å²) in [5.41, 5.74) is 14.1. The Bertz CT molecular complexity index is 3200. The zero-order valence-electron chi connectivity index (χ0n) is 37.2. The van der Waals surface area contributed by atoms with Gasteiger partial charge in [-0.25, -0.2) is 4.57 Å². The summed E-state index contributed by atoms with van der Waals surface area (Å²) in [5.74, 6) is 1.59. The molecule has 0 aliphatic carbocycles. The molecule has 0 amide bonds. The minimum Gasteiger partial charge on any atom is -0.307 e. The van der Waals surface area contributed by atoms with Crippen molar-refractivity contribution < 1.29 is 4.57 Å². The van der Waals surface area contributed by atoms with E-state index in [1.807, 2.05) is 12.1 Å². The molecule has 60 heavy (non-hydrogen) atoms. The molecule has 0 unspecified atom stereocenters. The van der Waals surface area contributed by atoms with Crippen LogP contribution in [0.3, 0.4) is 0 Å². The highest BCUT2D eigenvalue weighted by Gasteiger charge is 2.33. The summed E-state index contributed by atoms with van der Waals surface area (Å²) >= 11 is 0. The third kappa shape index (κ3) is 5.91. The third-order valence-corrected chi connectivity index (χ3v) is 12.9. The predicted octanol–water partition coefficient (Wildman–Crippen LogP) is 12.8. The number of aromatic nitrogens is 3. The highest BCUT2D eigenvalue weighted by atomic mass is 16.1. The Balaban J connectivity index is 1.49. The van der Waals surface area contributed by atoms with E-state index < -0.39 is 0 Å². The van der Waals surface area contributed by atoms with Crippen molar-refractivity contribution in [3.8, 4) is 28.2 Å². The van der Waals surface area contributed by atoms with Crippen molar-refractivity contribution in [2.24, 2.45) is 7.05 Å². The summed E-state index contributed by atoms with van der Waals surface area (Å²) in [5, 5.41) is 2.37. The van der Waals surface area contributed by atoms with Crippen LogP contribution in [0.15, 0.2) is 119 Å². The molecule has 9 aromatic rings. The molecule has 0 saturated heterocycles. The maximum atomic E-state index is 15.1. The lowest BCUT2D eigenvalue weighted by Gasteiger charge is -2.23. The number of rotatable bonds is 5. The van der Waals surface area contributed by atoms with Crippen molar-refractivity contribution in [2.75, 3.05) is 0 Å². The van der Waals surface area contributed by atoms with Gasteiger partial charge in [-0.15, -0.1) is 0 Å². The molecule has 0 N–H and O–H groups in total. The fraction of sp³-hybridized carbons (Fsp3) is 0.291. The molecular weight excluding hydrogens is 735 g/mol. The first-order chi connectivity index (χ1) is 28.4. The van der Waals surface area contributed by atoms with E-state index in [-0.39, 0.29) is 33.5 Å². The zero-order valence-corrected chi connectivity index (χ0v) is 37.2. The van der Waals surface area contributed by atoms with Crippen LogP contribution in [0.2, 0.25) is 0 Å². The third-order valence-electron chi connectivity index (χ3n) is 12.9. The van der Waals surface area contributed by atoms with E-state index in [1.165, 1.54) is 22.4 Å². The molecule has 0 aliphatic heterocycles. The Labute approximate surface area is 352 Å². The van der Waals surface area contributed by atoms with Crippen LogP contribution in [0.1, 0.15) is 109 Å². The Morgan fingerprint density at radius 2 is 1.05 bits per heavy atom. The van der Waals surface area contributed by atoms with Crippen LogP contribution >= 0.6 is 0 Å². The van der Waals surface area contributed by atoms with E-state index in [0.717, 1.165) is 55.7 Å². The van der Waals surface area contributed by atoms with Gasteiger partial charge in [-0.05, 0) is 106 Å². The van der Waals surface area contributed by atoms with Gasteiger partial charge in [-0.1, -0.05) is 124 Å². The van der Waals surface area contributed by atoms with E-state index in [0.29, 0.717) is 27.1 Å². The second-order valence-electron chi connectivity index (χ2n) is 19.7.